The minimum absolute atomic E-state index is 0.128. The normalized spacial score (nSPS) is 22.4. The quantitative estimate of drug-likeness (QED) is 0.686. The summed E-state index contributed by atoms with van der Waals surface area (Å²) < 4.78 is 31.1. The van der Waals surface area contributed by atoms with Gasteiger partial charge in [-0.1, -0.05) is 0 Å². The van der Waals surface area contributed by atoms with Gasteiger partial charge in [0.15, 0.2) is 0 Å². The number of carbonyl (C=O) groups excluding carboxylic acids is 1. The predicted molar refractivity (Wildman–Crippen MR) is 57.5 cm³/mol. The molecular weight excluding hydrogens is 234 g/mol. The smallest absolute Gasteiger partial charge is 0.410 e. The van der Waals surface area contributed by atoms with E-state index in [-0.39, 0.29) is 12.1 Å². The second kappa shape index (κ2) is 4.21. The Kier molecular flexibility index (Phi) is 3.49. The summed E-state index contributed by atoms with van der Waals surface area (Å²) in [6, 6.07) is 0. The van der Waals surface area contributed by atoms with Gasteiger partial charge in [-0.05, 0) is 20.8 Å². The molecule has 1 aliphatic heterocycles. The summed E-state index contributed by atoms with van der Waals surface area (Å²) in [5.74, 6) is 0. The highest BCUT2D eigenvalue weighted by molar-refractivity contribution is 7.85. The maximum absolute atomic E-state index is 11.5. The van der Waals surface area contributed by atoms with E-state index in [1.165, 1.54) is 0 Å². The van der Waals surface area contributed by atoms with Crippen LogP contribution in [0.3, 0.4) is 0 Å². The van der Waals surface area contributed by atoms with Crippen molar-refractivity contribution in [2.45, 2.75) is 32.4 Å². The van der Waals surface area contributed by atoms with E-state index in [2.05, 4.69) is 4.18 Å². The van der Waals surface area contributed by atoms with E-state index in [4.69, 9.17) is 4.74 Å². The van der Waals surface area contributed by atoms with Gasteiger partial charge in [0, 0.05) is 5.54 Å². The van der Waals surface area contributed by atoms with Crippen molar-refractivity contribution >= 4 is 16.2 Å². The van der Waals surface area contributed by atoms with E-state index in [1.54, 1.807) is 4.90 Å². The third-order valence-electron chi connectivity index (χ3n) is 2.15. The Bertz CT molecular complexity index is 370. The van der Waals surface area contributed by atoms with Gasteiger partial charge >= 0.3 is 6.09 Å². The number of amides is 1. The van der Waals surface area contributed by atoms with Crippen LogP contribution >= 0.6 is 0 Å². The standard InChI is InChI=1S/C9H17NO5S/c1-9(2,3)10-5-7(15-8(10)11)6-14-16(4,12)13/h7H,5-6H2,1-4H3/t7-/m1/s1. The number of rotatable bonds is 3. The number of hydrogen-bond donors (Lipinski definition) is 0. The molecule has 0 bridgehead atoms. The molecule has 1 rings (SSSR count). The van der Waals surface area contributed by atoms with Crippen LogP contribution in [-0.2, 0) is 19.0 Å². The first-order chi connectivity index (χ1) is 7.09. The molecule has 0 saturated carbocycles. The largest absolute Gasteiger partial charge is 0.442 e. The van der Waals surface area contributed by atoms with Crippen molar-refractivity contribution in [3.63, 3.8) is 0 Å². The first kappa shape index (κ1) is 13.2. The van der Waals surface area contributed by atoms with Crippen LogP contribution in [0.2, 0.25) is 0 Å². The molecule has 1 heterocycles. The minimum Gasteiger partial charge on any atom is -0.442 e. The number of carbonyl (C=O) groups is 1. The molecule has 1 aliphatic rings. The van der Waals surface area contributed by atoms with Crippen molar-refractivity contribution in [3.8, 4) is 0 Å². The van der Waals surface area contributed by atoms with Crippen molar-refractivity contribution in [2.75, 3.05) is 19.4 Å². The average molecular weight is 251 g/mol. The molecule has 0 unspecified atom stereocenters. The van der Waals surface area contributed by atoms with Crippen LogP contribution in [0.1, 0.15) is 20.8 Å². The Hall–Kier alpha value is -0.820. The van der Waals surface area contributed by atoms with Gasteiger partial charge in [0.1, 0.15) is 12.7 Å². The zero-order valence-electron chi connectivity index (χ0n) is 9.89. The van der Waals surface area contributed by atoms with Crippen LogP contribution in [0.5, 0.6) is 0 Å². The molecule has 1 atom stereocenters. The number of hydrogen-bond acceptors (Lipinski definition) is 5. The zero-order chi connectivity index (χ0) is 12.6. The molecule has 0 N–H and O–H groups in total. The van der Waals surface area contributed by atoms with Crippen molar-refractivity contribution in [2.24, 2.45) is 0 Å². The monoisotopic (exact) mass is 251 g/mol. The van der Waals surface area contributed by atoms with Crippen LogP contribution in [0, 0.1) is 0 Å². The molecule has 0 aromatic heterocycles. The molecule has 7 heteroatoms. The number of ether oxygens (including phenoxy) is 1. The van der Waals surface area contributed by atoms with Crippen LogP contribution in [-0.4, -0.2) is 50.5 Å². The molecule has 0 aromatic carbocycles. The summed E-state index contributed by atoms with van der Waals surface area (Å²) in [7, 11) is -3.49. The molecule has 16 heavy (non-hydrogen) atoms. The van der Waals surface area contributed by atoms with E-state index in [0.717, 1.165) is 6.26 Å². The first-order valence-corrected chi connectivity index (χ1v) is 6.74. The Morgan fingerprint density at radius 3 is 2.44 bits per heavy atom. The van der Waals surface area contributed by atoms with E-state index < -0.39 is 22.3 Å². The molecule has 0 aromatic rings. The van der Waals surface area contributed by atoms with Crippen LogP contribution in [0.4, 0.5) is 4.79 Å². The maximum Gasteiger partial charge on any atom is 0.410 e. The van der Waals surface area contributed by atoms with Crippen LogP contribution in [0.25, 0.3) is 0 Å². The van der Waals surface area contributed by atoms with Gasteiger partial charge in [-0.3, -0.25) is 9.08 Å². The average Bonchev–Trinajstić information content (AvgIpc) is 2.41. The fourth-order valence-electron chi connectivity index (χ4n) is 1.36. The van der Waals surface area contributed by atoms with Gasteiger partial charge in [-0.2, -0.15) is 8.42 Å². The van der Waals surface area contributed by atoms with Crippen molar-refractivity contribution < 1.29 is 22.1 Å². The Balaban J connectivity index is 2.55. The lowest BCUT2D eigenvalue weighted by molar-refractivity contribution is 0.101. The van der Waals surface area contributed by atoms with Crippen molar-refractivity contribution in [1.82, 2.24) is 4.90 Å². The molecule has 6 nitrogen and oxygen atoms in total. The highest BCUT2D eigenvalue weighted by Gasteiger charge is 2.38. The van der Waals surface area contributed by atoms with Gasteiger partial charge in [0.05, 0.1) is 12.8 Å². The van der Waals surface area contributed by atoms with Crippen molar-refractivity contribution in [3.05, 3.63) is 0 Å². The van der Waals surface area contributed by atoms with E-state index in [9.17, 15) is 13.2 Å². The summed E-state index contributed by atoms with van der Waals surface area (Å²) in [6.45, 7) is 5.87. The summed E-state index contributed by atoms with van der Waals surface area (Å²) >= 11 is 0. The Morgan fingerprint density at radius 2 is 2.06 bits per heavy atom. The first-order valence-electron chi connectivity index (χ1n) is 4.92. The van der Waals surface area contributed by atoms with Gasteiger partial charge in [-0.15, -0.1) is 0 Å². The molecule has 0 radical (unpaired) electrons. The topological polar surface area (TPSA) is 72.9 Å². The fraction of sp³-hybridized carbons (Fsp3) is 0.889. The van der Waals surface area contributed by atoms with Gasteiger partial charge in [0.2, 0.25) is 0 Å². The number of nitrogens with zero attached hydrogens (tertiary/aromatic N) is 1. The molecule has 0 spiro atoms. The van der Waals surface area contributed by atoms with Gasteiger partial charge in [-0.25, -0.2) is 4.79 Å². The lowest BCUT2D eigenvalue weighted by Crippen LogP contribution is -2.42. The summed E-state index contributed by atoms with van der Waals surface area (Å²) in [5, 5.41) is 0. The Labute approximate surface area is 95.6 Å². The van der Waals surface area contributed by atoms with Crippen molar-refractivity contribution in [1.29, 1.82) is 0 Å². The second-order valence-electron chi connectivity index (χ2n) is 4.78. The summed E-state index contributed by atoms with van der Waals surface area (Å²) in [4.78, 5) is 13.0. The molecule has 1 saturated heterocycles. The second-order valence-corrected chi connectivity index (χ2v) is 6.42. The summed E-state index contributed by atoms with van der Waals surface area (Å²) in [6.07, 6.45) is 0.00160. The summed E-state index contributed by atoms with van der Waals surface area (Å²) in [5.41, 5.74) is -0.336. The zero-order valence-corrected chi connectivity index (χ0v) is 10.7. The lowest BCUT2D eigenvalue weighted by atomic mass is 10.1. The van der Waals surface area contributed by atoms with E-state index >= 15 is 0 Å². The van der Waals surface area contributed by atoms with Gasteiger partial charge < -0.3 is 4.74 Å². The molecular formula is C9H17NO5S. The highest BCUT2D eigenvalue weighted by Crippen LogP contribution is 2.22. The SMILES string of the molecule is CC(C)(C)N1C[C@H](COS(C)(=O)=O)OC1=O. The molecule has 1 amide bonds. The fourth-order valence-corrected chi connectivity index (χ4v) is 1.75. The minimum atomic E-state index is -3.49. The number of cyclic esters (lactones) is 1. The van der Waals surface area contributed by atoms with E-state index in [0.29, 0.717) is 6.54 Å². The van der Waals surface area contributed by atoms with Crippen LogP contribution in [0.15, 0.2) is 0 Å². The molecule has 94 valence electrons. The predicted octanol–water partition coefficient (Wildman–Crippen LogP) is 0.582. The third-order valence-corrected chi connectivity index (χ3v) is 2.72. The third kappa shape index (κ3) is 3.64. The molecule has 1 fully saturated rings. The van der Waals surface area contributed by atoms with E-state index in [1.807, 2.05) is 20.8 Å². The maximum atomic E-state index is 11.5. The van der Waals surface area contributed by atoms with Gasteiger partial charge in [0.25, 0.3) is 10.1 Å². The molecule has 0 aliphatic carbocycles. The highest BCUT2D eigenvalue weighted by atomic mass is 32.2. The van der Waals surface area contributed by atoms with Crippen LogP contribution < -0.4 is 0 Å². The lowest BCUT2D eigenvalue weighted by Gasteiger charge is -2.29. The Morgan fingerprint density at radius 1 is 1.50 bits per heavy atom.